The van der Waals surface area contributed by atoms with Crippen LogP contribution in [0.15, 0.2) is 36.4 Å². The topological polar surface area (TPSA) is 78.9 Å². The van der Waals surface area contributed by atoms with Gasteiger partial charge in [-0.2, -0.15) is 0 Å². The van der Waals surface area contributed by atoms with E-state index in [0.29, 0.717) is 48.7 Å². The fourth-order valence-corrected chi connectivity index (χ4v) is 4.74. The van der Waals surface area contributed by atoms with Crippen LogP contribution in [-0.2, 0) is 26.2 Å². The summed E-state index contributed by atoms with van der Waals surface area (Å²) >= 11 is 0. The molecule has 1 saturated carbocycles. The summed E-state index contributed by atoms with van der Waals surface area (Å²) in [7, 11) is 1.67. The number of carbonyl (C=O) groups is 2. The van der Waals surface area contributed by atoms with E-state index in [0.717, 1.165) is 17.7 Å². The van der Waals surface area contributed by atoms with Crippen molar-refractivity contribution in [3.8, 4) is 0 Å². The molecule has 0 bridgehead atoms. The van der Waals surface area contributed by atoms with Crippen molar-refractivity contribution < 1.29 is 23.8 Å². The molecule has 2 aromatic carbocycles. The SMILES string of the molecule is COC(C)(C)CN(CC(C)C)c1ccc(C2(C(=O)O)CCC2)cc1NC(=O)Cc1ccc(C)cc1F. The number of nitrogens with one attached hydrogen (secondary N) is 1. The van der Waals surface area contributed by atoms with Crippen molar-refractivity contribution in [2.75, 3.05) is 30.4 Å². The standard InChI is InChI=1S/C29H39FN2O4/c1-19(2)17-32(18-28(4,5)36-6)25-11-10-22(29(27(34)35)12-7-13-29)16-24(25)31-26(33)15-21-9-8-20(3)14-23(21)30/h8-11,14,16,19H,7,12-13,15,17-18H2,1-6H3,(H,31,33)(H,34,35). The third-order valence-electron chi connectivity index (χ3n) is 7.05. The lowest BCUT2D eigenvalue weighted by Crippen LogP contribution is -2.43. The fraction of sp³-hybridized carbons (Fsp3) is 0.517. The Hall–Kier alpha value is -2.93. The molecular weight excluding hydrogens is 459 g/mol. The molecule has 1 aliphatic carbocycles. The van der Waals surface area contributed by atoms with E-state index >= 15 is 0 Å². The number of carboxylic acids is 1. The summed E-state index contributed by atoms with van der Waals surface area (Å²) in [5, 5.41) is 13.0. The number of aryl methyl sites for hydroxylation is 1. The molecule has 0 unspecified atom stereocenters. The largest absolute Gasteiger partial charge is 0.481 e. The molecule has 6 nitrogen and oxygen atoms in total. The van der Waals surface area contributed by atoms with E-state index in [-0.39, 0.29) is 12.3 Å². The molecule has 0 atom stereocenters. The molecule has 1 fully saturated rings. The second kappa shape index (κ2) is 11.0. The second-order valence-corrected chi connectivity index (χ2v) is 11.0. The number of methoxy groups -OCH3 is 1. The van der Waals surface area contributed by atoms with Crippen LogP contribution in [0.25, 0.3) is 0 Å². The summed E-state index contributed by atoms with van der Waals surface area (Å²) < 4.78 is 20.1. The Bertz CT molecular complexity index is 1110. The predicted octanol–water partition coefficient (Wildman–Crippen LogP) is 5.71. The summed E-state index contributed by atoms with van der Waals surface area (Å²) in [6.07, 6.45) is 1.86. The number of anilines is 2. The molecule has 0 saturated heterocycles. The number of hydrogen-bond donors (Lipinski definition) is 2. The van der Waals surface area contributed by atoms with Gasteiger partial charge in [0.05, 0.1) is 28.8 Å². The fourth-order valence-electron chi connectivity index (χ4n) is 4.74. The first-order valence-corrected chi connectivity index (χ1v) is 12.6. The monoisotopic (exact) mass is 498 g/mol. The highest BCUT2D eigenvalue weighted by Gasteiger charge is 2.46. The van der Waals surface area contributed by atoms with Crippen LogP contribution in [0.3, 0.4) is 0 Å². The average molecular weight is 499 g/mol. The minimum atomic E-state index is -0.935. The normalized spacial score (nSPS) is 14.9. The number of carbonyl (C=O) groups excluding carboxylic acids is 1. The number of hydrogen-bond acceptors (Lipinski definition) is 4. The molecule has 1 aliphatic rings. The molecular formula is C29H39FN2O4. The highest BCUT2D eigenvalue weighted by Crippen LogP contribution is 2.46. The number of carboxylic acid groups (broad SMARTS) is 1. The van der Waals surface area contributed by atoms with Crippen LogP contribution in [0, 0.1) is 18.7 Å². The van der Waals surface area contributed by atoms with Crippen LogP contribution in [-0.4, -0.2) is 42.8 Å². The lowest BCUT2D eigenvalue weighted by molar-refractivity contribution is -0.147. The van der Waals surface area contributed by atoms with Gasteiger partial charge in [-0.3, -0.25) is 9.59 Å². The van der Waals surface area contributed by atoms with Crippen molar-refractivity contribution in [3.05, 3.63) is 58.9 Å². The van der Waals surface area contributed by atoms with Gasteiger partial charge in [-0.15, -0.1) is 0 Å². The molecule has 0 spiro atoms. The van der Waals surface area contributed by atoms with Gasteiger partial charge in [0.25, 0.3) is 0 Å². The van der Waals surface area contributed by atoms with E-state index in [1.54, 1.807) is 32.2 Å². The number of halogens is 1. The molecule has 7 heteroatoms. The second-order valence-electron chi connectivity index (χ2n) is 11.0. The predicted molar refractivity (Wildman–Crippen MR) is 141 cm³/mol. The summed E-state index contributed by atoms with van der Waals surface area (Å²) in [5.41, 5.74) is 1.72. The van der Waals surface area contributed by atoms with Gasteiger partial charge in [-0.05, 0) is 74.4 Å². The summed E-state index contributed by atoms with van der Waals surface area (Å²) in [5.74, 6) is -1.29. The molecule has 0 radical (unpaired) electrons. The van der Waals surface area contributed by atoms with Crippen molar-refractivity contribution in [2.24, 2.45) is 5.92 Å². The Morgan fingerprint density at radius 1 is 1.19 bits per heavy atom. The van der Waals surface area contributed by atoms with Crippen LogP contribution in [0.4, 0.5) is 15.8 Å². The zero-order valence-corrected chi connectivity index (χ0v) is 22.3. The van der Waals surface area contributed by atoms with E-state index in [4.69, 9.17) is 4.74 Å². The maximum absolute atomic E-state index is 14.4. The Labute approximate surface area is 213 Å². The molecule has 3 rings (SSSR count). The minimum Gasteiger partial charge on any atom is -0.481 e. The maximum atomic E-state index is 14.4. The van der Waals surface area contributed by atoms with Crippen molar-refractivity contribution in [3.63, 3.8) is 0 Å². The molecule has 0 aromatic heterocycles. The van der Waals surface area contributed by atoms with Gasteiger partial charge in [0.1, 0.15) is 5.82 Å². The third-order valence-corrected chi connectivity index (χ3v) is 7.05. The Morgan fingerprint density at radius 3 is 2.42 bits per heavy atom. The molecule has 0 aliphatic heterocycles. The quantitative estimate of drug-likeness (QED) is 0.415. The Kier molecular flexibility index (Phi) is 8.44. The number of benzene rings is 2. The van der Waals surface area contributed by atoms with Gasteiger partial charge in [0.15, 0.2) is 0 Å². The van der Waals surface area contributed by atoms with Crippen LogP contribution in [0.1, 0.15) is 63.6 Å². The zero-order valence-electron chi connectivity index (χ0n) is 22.3. The highest BCUT2D eigenvalue weighted by molar-refractivity contribution is 5.96. The van der Waals surface area contributed by atoms with E-state index in [1.807, 2.05) is 26.0 Å². The average Bonchev–Trinajstić information content (AvgIpc) is 2.74. The Balaban J connectivity index is 2.01. The van der Waals surface area contributed by atoms with Gasteiger partial charge in [0.2, 0.25) is 5.91 Å². The Morgan fingerprint density at radius 2 is 1.89 bits per heavy atom. The van der Waals surface area contributed by atoms with Gasteiger partial charge < -0.3 is 20.1 Å². The molecule has 1 amide bonds. The van der Waals surface area contributed by atoms with E-state index in [9.17, 15) is 19.1 Å². The third kappa shape index (κ3) is 6.25. The van der Waals surface area contributed by atoms with Crippen LogP contribution in [0.2, 0.25) is 0 Å². The molecule has 196 valence electrons. The molecule has 0 heterocycles. The first kappa shape index (κ1) is 27.7. The minimum absolute atomic E-state index is 0.117. The van der Waals surface area contributed by atoms with Crippen LogP contribution in [0.5, 0.6) is 0 Å². The van der Waals surface area contributed by atoms with Gasteiger partial charge in [-0.1, -0.05) is 38.5 Å². The summed E-state index contributed by atoms with van der Waals surface area (Å²) in [6.45, 7) is 11.3. The first-order valence-electron chi connectivity index (χ1n) is 12.6. The van der Waals surface area contributed by atoms with Crippen molar-refractivity contribution in [1.29, 1.82) is 0 Å². The van der Waals surface area contributed by atoms with E-state index in [1.165, 1.54) is 6.07 Å². The lowest BCUT2D eigenvalue weighted by atomic mass is 9.64. The van der Waals surface area contributed by atoms with Gasteiger partial charge in [-0.25, -0.2) is 4.39 Å². The number of amides is 1. The number of nitrogens with zero attached hydrogens (tertiary/aromatic N) is 1. The summed E-state index contributed by atoms with van der Waals surface area (Å²) in [4.78, 5) is 27.4. The van der Waals surface area contributed by atoms with E-state index < -0.39 is 22.8 Å². The van der Waals surface area contributed by atoms with Gasteiger partial charge >= 0.3 is 5.97 Å². The lowest BCUT2D eigenvalue weighted by Gasteiger charge is -2.39. The van der Waals surface area contributed by atoms with Crippen LogP contribution < -0.4 is 10.2 Å². The number of ether oxygens (including phenoxy) is 1. The van der Waals surface area contributed by atoms with Gasteiger partial charge in [0, 0.05) is 20.2 Å². The zero-order chi connectivity index (χ0) is 26.7. The molecule has 2 N–H and O–H groups in total. The summed E-state index contributed by atoms with van der Waals surface area (Å²) in [6, 6.07) is 10.4. The molecule has 2 aromatic rings. The van der Waals surface area contributed by atoms with E-state index in [2.05, 4.69) is 24.1 Å². The van der Waals surface area contributed by atoms with Crippen molar-refractivity contribution in [2.45, 2.75) is 71.3 Å². The van der Waals surface area contributed by atoms with Crippen molar-refractivity contribution >= 4 is 23.3 Å². The van der Waals surface area contributed by atoms with Crippen molar-refractivity contribution in [1.82, 2.24) is 0 Å². The molecule has 36 heavy (non-hydrogen) atoms. The van der Waals surface area contributed by atoms with Crippen LogP contribution >= 0.6 is 0 Å². The number of rotatable bonds is 11. The first-order chi connectivity index (χ1) is 16.9. The maximum Gasteiger partial charge on any atom is 0.314 e. The number of aliphatic carboxylic acids is 1. The smallest absolute Gasteiger partial charge is 0.314 e. The highest BCUT2D eigenvalue weighted by atomic mass is 19.1.